The van der Waals surface area contributed by atoms with Crippen molar-refractivity contribution >= 4 is 11.4 Å². The van der Waals surface area contributed by atoms with Gasteiger partial charge in [-0.15, -0.1) is 0 Å². The second-order valence-corrected chi connectivity index (χ2v) is 17.8. The maximum absolute atomic E-state index is 4.40. The molecule has 4 fully saturated rings. The van der Waals surface area contributed by atoms with Crippen molar-refractivity contribution in [2.45, 2.75) is 98.2 Å². The third kappa shape index (κ3) is 3.06. The smallest absolute Gasteiger partial charge is 0.0933 e. The Kier molecular flexibility index (Phi) is 5.59. The summed E-state index contributed by atoms with van der Waals surface area (Å²) in [6, 6.07) is 34.0. The number of hydrogen-bond acceptors (Lipinski definition) is 4. The average Bonchev–Trinajstić information content (AvgIpc) is 3.99. The number of hydrogen-bond donors (Lipinski definition) is 2. The van der Waals surface area contributed by atoms with Crippen LogP contribution < -0.4 is 10.6 Å². The molecule has 4 aliphatic heterocycles. The number of likely N-dealkylation sites (tertiary alicyclic amines) is 2. The van der Waals surface area contributed by atoms with Crippen molar-refractivity contribution < 1.29 is 0 Å². The van der Waals surface area contributed by atoms with Crippen LogP contribution in [0.1, 0.15) is 95.9 Å². The zero-order valence-electron chi connectivity index (χ0n) is 29.8. The van der Waals surface area contributed by atoms with Crippen molar-refractivity contribution in [1.29, 1.82) is 0 Å². The first kappa shape index (κ1) is 29.0. The van der Waals surface area contributed by atoms with Crippen LogP contribution in [-0.4, -0.2) is 49.3 Å². The normalized spacial score (nSPS) is 38.5. The molecule has 0 bridgehead atoms. The van der Waals surface area contributed by atoms with Crippen molar-refractivity contribution in [3.63, 3.8) is 0 Å². The molecule has 2 saturated heterocycles. The highest BCUT2D eigenvalue weighted by Crippen LogP contribution is 2.71. The van der Waals surface area contributed by atoms with Gasteiger partial charge in [-0.3, -0.25) is 9.80 Å². The Hall–Kier alpha value is -3.60. The highest BCUT2D eigenvalue weighted by molar-refractivity contribution is 5.77. The summed E-state index contributed by atoms with van der Waals surface area (Å²) in [5.74, 6) is 1.46. The quantitative estimate of drug-likeness (QED) is 0.232. The first-order chi connectivity index (χ1) is 24.5. The summed E-state index contributed by atoms with van der Waals surface area (Å²) < 4.78 is 0. The Morgan fingerprint density at radius 2 is 1.24 bits per heavy atom. The summed E-state index contributed by atoms with van der Waals surface area (Å²) in [4.78, 5) is 5.26. The van der Waals surface area contributed by atoms with E-state index in [1.54, 1.807) is 33.4 Å². The third-order valence-electron chi connectivity index (χ3n) is 16.5. The number of likely N-dealkylation sites (N-methyl/N-ethyl adjacent to an activating group) is 2. The summed E-state index contributed by atoms with van der Waals surface area (Å²) >= 11 is 0. The Labute approximate surface area is 297 Å². The van der Waals surface area contributed by atoms with E-state index in [0.29, 0.717) is 12.1 Å². The fourth-order valence-corrected chi connectivity index (χ4v) is 14.9. The number of para-hydroxylation sites is 2. The lowest BCUT2D eigenvalue weighted by molar-refractivity contribution is 0.142. The number of rotatable bonds is 3. The summed E-state index contributed by atoms with van der Waals surface area (Å²) in [7, 11) is 4.73. The second-order valence-electron chi connectivity index (χ2n) is 17.8. The van der Waals surface area contributed by atoms with Gasteiger partial charge in [0.15, 0.2) is 0 Å². The average molecular weight is 659 g/mol. The highest BCUT2D eigenvalue weighted by atomic mass is 15.3. The first-order valence-electron chi connectivity index (χ1n) is 19.9. The molecule has 4 aromatic rings. The zero-order valence-corrected chi connectivity index (χ0v) is 29.8. The van der Waals surface area contributed by atoms with Crippen LogP contribution in [0.15, 0.2) is 84.9 Å². The van der Waals surface area contributed by atoms with Crippen LogP contribution in [0.2, 0.25) is 0 Å². The molecule has 4 nitrogen and oxygen atoms in total. The van der Waals surface area contributed by atoms with Crippen LogP contribution in [-0.2, 0) is 34.5 Å². The minimum Gasteiger partial charge on any atom is -0.368 e. The standard InChI is InChI=1S/C46H50N4/c1-49-25-23-44(36-15-5-6-20-39(36)47-41(44)49)37-18-8-19-38-40(37)48-42-46(38,24-26-50(42)2)45-22-10-13-31(45)28-32-34(16-7-17-35(32)45)43-21-9-12-30(43)27-29-11-3-4-14-33(29)43/h3-8,11,14-20,30-31,41-42,47-48H,9-10,12-13,21-28H2,1-2H3/t30?,31-,41?,42-,43+,44+,45+,46+/m0/s1. The van der Waals surface area contributed by atoms with Gasteiger partial charge in [-0.2, -0.15) is 0 Å². The minimum atomic E-state index is -0.0535. The van der Waals surface area contributed by atoms with E-state index in [-0.39, 0.29) is 27.8 Å². The maximum Gasteiger partial charge on any atom is 0.0933 e. The van der Waals surface area contributed by atoms with Crippen LogP contribution in [0.3, 0.4) is 0 Å². The molecule has 4 aliphatic carbocycles. The molecule has 0 amide bonds. The van der Waals surface area contributed by atoms with Crippen LogP contribution >= 0.6 is 0 Å². The van der Waals surface area contributed by atoms with E-state index in [2.05, 4.69) is 119 Å². The van der Waals surface area contributed by atoms with Gasteiger partial charge in [0, 0.05) is 40.7 Å². The number of nitrogens with zero attached hydrogens (tertiary/aromatic N) is 2. The van der Waals surface area contributed by atoms with Crippen LogP contribution in [0, 0.1) is 11.8 Å². The number of fused-ring (bicyclic) bond motifs is 13. The zero-order chi connectivity index (χ0) is 33.0. The number of benzene rings is 4. The molecule has 2 unspecified atom stereocenters. The van der Waals surface area contributed by atoms with E-state index in [0.717, 1.165) is 25.4 Å². The largest absolute Gasteiger partial charge is 0.368 e. The Bertz CT molecular complexity index is 2100. The third-order valence-corrected chi connectivity index (χ3v) is 16.5. The van der Waals surface area contributed by atoms with Gasteiger partial charge >= 0.3 is 0 Å². The maximum atomic E-state index is 4.40. The van der Waals surface area contributed by atoms with E-state index in [1.807, 2.05) is 0 Å². The van der Waals surface area contributed by atoms with Gasteiger partial charge in [0.2, 0.25) is 0 Å². The van der Waals surface area contributed by atoms with Gasteiger partial charge in [-0.05, 0) is 128 Å². The van der Waals surface area contributed by atoms with Gasteiger partial charge < -0.3 is 10.6 Å². The monoisotopic (exact) mass is 658 g/mol. The summed E-state index contributed by atoms with van der Waals surface area (Å²) in [5, 5.41) is 8.39. The van der Waals surface area contributed by atoms with E-state index in [4.69, 9.17) is 0 Å². The molecule has 2 saturated carbocycles. The fraction of sp³-hybridized carbons (Fsp3) is 0.478. The molecule has 254 valence electrons. The molecule has 4 heterocycles. The Balaban J connectivity index is 1.08. The topological polar surface area (TPSA) is 30.5 Å². The lowest BCUT2D eigenvalue weighted by Crippen LogP contribution is -2.56. The predicted octanol–water partition coefficient (Wildman–Crippen LogP) is 8.32. The van der Waals surface area contributed by atoms with Gasteiger partial charge in [-0.25, -0.2) is 0 Å². The molecule has 0 spiro atoms. The predicted molar refractivity (Wildman–Crippen MR) is 202 cm³/mol. The van der Waals surface area contributed by atoms with Crippen molar-refractivity contribution in [1.82, 2.24) is 9.80 Å². The van der Waals surface area contributed by atoms with Gasteiger partial charge in [0.05, 0.1) is 17.7 Å². The molecule has 4 heteroatoms. The molecular weight excluding hydrogens is 609 g/mol. The van der Waals surface area contributed by atoms with Gasteiger partial charge in [0.25, 0.3) is 0 Å². The lowest BCUT2D eigenvalue weighted by atomic mass is 9.53. The molecule has 0 aromatic heterocycles. The SMILES string of the molecule is CN1CC[C@]2(c3cccc4c3N[C@H]3N(C)CC[C@@]43[C@]34CCC[C@H]3Cc3c([C@]56CCCC5Cc5ccccc56)cccc34)c3ccccc3NC12. The molecule has 50 heavy (non-hydrogen) atoms. The summed E-state index contributed by atoms with van der Waals surface area (Å²) in [6.45, 7) is 2.27. The number of anilines is 2. The molecular formula is C46H50N4. The van der Waals surface area contributed by atoms with E-state index in [1.165, 1.54) is 80.3 Å². The summed E-state index contributed by atoms with van der Waals surface area (Å²) in [5.41, 5.74) is 16.3. The van der Waals surface area contributed by atoms with Crippen molar-refractivity contribution in [2.24, 2.45) is 11.8 Å². The van der Waals surface area contributed by atoms with E-state index >= 15 is 0 Å². The fourth-order valence-electron chi connectivity index (χ4n) is 14.9. The molecule has 8 atom stereocenters. The van der Waals surface area contributed by atoms with Crippen molar-refractivity contribution in [3.05, 3.63) is 129 Å². The molecule has 12 rings (SSSR count). The highest BCUT2D eigenvalue weighted by Gasteiger charge is 2.71. The molecule has 2 N–H and O–H groups in total. The second kappa shape index (κ2) is 9.63. The summed E-state index contributed by atoms with van der Waals surface area (Å²) in [6.07, 6.45) is 13.6. The van der Waals surface area contributed by atoms with Crippen LogP contribution in [0.4, 0.5) is 11.4 Å². The van der Waals surface area contributed by atoms with Crippen molar-refractivity contribution in [2.75, 3.05) is 37.8 Å². The molecule has 4 aromatic carbocycles. The molecule has 8 aliphatic rings. The van der Waals surface area contributed by atoms with Crippen LogP contribution in [0.25, 0.3) is 0 Å². The minimum absolute atomic E-state index is 0.0535. The van der Waals surface area contributed by atoms with E-state index < -0.39 is 0 Å². The van der Waals surface area contributed by atoms with E-state index in [9.17, 15) is 0 Å². The lowest BCUT2D eigenvalue weighted by Gasteiger charge is -2.49. The first-order valence-corrected chi connectivity index (χ1v) is 19.9. The van der Waals surface area contributed by atoms with Gasteiger partial charge in [-0.1, -0.05) is 91.7 Å². The van der Waals surface area contributed by atoms with Gasteiger partial charge in [0.1, 0.15) is 0 Å². The Morgan fingerprint density at radius 3 is 2.16 bits per heavy atom. The Morgan fingerprint density at radius 1 is 0.540 bits per heavy atom. The van der Waals surface area contributed by atoms with Crippen LogP contribution in [0.5, 0.6) is 0 Å². The van der Waals surface area contributed by atoms with Crippen molar-refractivity contribution in [3.8, 4) is 0 Å². The molecule has 0 radical (unpaired) electrons. The number of nitrogens with one attached hydrogen (secondary N) is 2.